The first kappa shape index (κ1) is 19.2. The Bertz CT molecular complexity index is 973. The van der Waals surface area contributed by atoms with E-state index in [-0.39, 0.29) is 22.8 Å². The highest BCUT2D eigenvalue weighted by atomic mass is 32.2. The third-order valence-corrected chi connectivity index (χ3v) is 5.41. The average Bonchev–Trinajstić information content (AvgIpc) is 2.60. The molecule has 0 fully saturated rings. The van der Waals surface area contributed by atoms with Gasteiger partial charge in [-0.2, -0.15) is 17.9 Å². The van der Waals surface area contributed by atoms with Crippen LogP contribution in [0.1, 0.15) is 34.6 Å². The summed E-state index contributed by atoms with van der Waals surface area (Å²) in [4.78, 5) is 11.4. The van der Waals surface area contributed by atoms with Crippen LogP contribution >= 0.6 is 0 Å². The molecule has 1 heterocycles. The predicted octanol–water partition coefficient (Wildman–Crippen LogP) is 3.28. The summed E-state index contributed by atoms with van der Waals surface area (Å²) in [5, 5.41) is 2.75. The molecule has 6 nitrogen and oxygen atoms in total. The average molecular weight is 400 g/mol. The highest BCUT2D eigenvalue weighted by molar-refractivity contribution is 7.89. The van der Waals surface area contributed by atoms with Crippen LogP contribution < -0.4 is 10.0 Å². The Morgan fingerprint density at radius 2 is 1.81 bits per heavy atom. The molecule has 27 heavy (non-hydrogen) atoms. The number of benzene rings is 2. The number of fused-ring (bicyclic) bond motifs is 1. The zero-order chi connectivity index (χ0) is 19.8. The summed E-state index contributed by atoms with van der Waals surface area (Å²) in [5.74, 6) is -0.526. The van der Waals surface area contributed by atoms with Crippen LogP contribution in [0.15, 0.2) is 47.4 Å². The van der Waals surface area contributed by atoms with Crippen LogP contribution in [0.25, 0.3) is 0 Å². The van der Waals surface area contributed by atoms with Gasteiger partial charge < -0.3 is 10.1 Å². The summed E-state index contributed by atoms with van der Waals surface area (Å²) in [6.07, 6.45) is -5.58. The van der Waals surface area contributed by atoms with Gasteiger partial charge in [0.1, 0.15) is 11.1 Å². The number of hydrogen-bond donors (Lipinski definition) is 2. The second kappa shape index (κ2) is 6.86. The lowest BCUT2D eigenvalue weighted by Gasteiger charge is -2.29. The summed E-state index contributed by atoms with van der Waals surface area (Å²) < 4.78 is 70.7. The minimum atomic E-state index is -4.60. The molecule has 0 saturated heterocycles. The molecular weight excluding hydrogens is 385 g/mol. The van der Waals surface area contributed by atoms with Crippen molar-refractivity contribution < 1.29 is 31.1 Å². The fraction of sp³-hybridized carbons (Fsp3) is 0.235. The molecule has 0 unspecified atom stereocenters. The topological polar surface area (TPSA) is 84.5 Å². The molecule has 1 atom stereocenters. The Kier molecular flexibility index (Phi) is 4.87. The first-order chi connectivity index (χ1) is 12.6. The molecule has 0 bridgehead atoms. The zero-order valence-corrected chi connectivity index (χ0v) is 14.8. The molecule has 2 N–H and O–H groups in total. The maximum Gasteiger partial charge on any atom is 0.416 e. The number of halogens is 3. The molecule has 10 heteroatoms. The highest BCUT2D eigenvalue weighted by Crippen LogP contribution is 2.37. The lowest BCUT2D eigenvalue weighted by molar-refractivity contribution is -0.137. The molecule has 2 aromatic carbocycles. The summed E-state index contributed by atoms with van der Waals surface area (Å²) in [6.45, 7) is 1.88. The third-order valence-electron chi connectivity index (χ3n) is 3.92. The van der Waals surface area contributed by atoms with E-state index in [0.29, 0.717) is 11.6 Å². The smallest absolute Gasteiger partial charge is 0.416 e. The minimum absolute atomic E-state index is 0.150. The third kappa shape index (κ3) is 3.91. The lowest BCUT2D eigenvalue weighted by atomic mass is 10.1. The van der Waals surface area contributed by atoms with Gasteiger partial charge in [0.2, 0.25) is 10.0 Å². The van der Waals surface area contributed by atoms with Crippen molar-refractivity contribution in [3.05, 3.63) is 59.2 Å². The summed E-state index contributed by atoms with van der Waals surface area (Å²) in [7, 11) is -4.01. The van der Waals surface area contributed by atoms with Crippen molar-refractivity contribution in [2.45, 2.75) is 24.2 Å². The number of sulfonamides is 1. The molecular formula is C17H15F3N2O4S. The Hall–Kier alpha value is -2.59. The van der Waals surface area contributed by atoms with Crippen molar-refractivity contribution in [2.24, 2.45) is 0 Å². The minimum Gasteiger partial charge on any atom is -0.462 e. The van der Waals surface area contributed by atoms with Gasteiger partial charge in [0.15, 0.2) is 0 Å². The van der Waals surface area contributed by atoms with E-state index in [0.717, 1.165) is 12.1 Å². The van der Waals surface area contributed by atoms with Gasteiger partial charge in [0, 0.05) is 0 Å². The van der Waals surface area contributed by atoms with E-state index in [1.54, 1.807) is 6.92 Å². The van der Waals surface area contributed by atoms with Gasteiger partial charge in [0.25, 0.3) is 0 Å². The molecule has 0 aliphatic carbocycles. The molecule has 144 valence electrons. The normalized spacial score (nSPS) is 18.3. The van der Waals surface area contributed by atoms with Crippen LogP contribution in [0.4, 0.5) is 18.9 Å². The lowest BCUT2D eigenvalue weighted by Crippen LogP contribution is -2.38. The molecule has 3 rings (SSSR count). The number of anilines is 1. The van der Waals surface area contributed by atoms with Crippen molar-refractivity contribution in [3.63, 3.8) is 0 Å². The SMILES string of the molecule is CCOC(=O)c1ccc([C@@H]2Nc3cc(C(F)(F)F)ccc3S(=O)(=O)N2)cc1. The van der Waals surface area contributed by atoms with Gasteiger partial charge in [-0.15, -0.1) is 0 Å². The van der Waals surface area contributed by atoms with Crippen LogP contribution in [0.2, 0.25) is 0 Å². The first-order valence-corrected chi connectivity index (χ1v) is 9.37. The van der Waals surface area contributed by atoms with Gasteiger partial charge in [-0.25, -0.2) is 13.2 Å². The van der Waals surface area contributed by atoms with E-state index in [1.165, 1.54) is 24.3 Å². The molecule has 2 aromatic rings. The highest BCUT2D eigenvalue weighted by Gasteiger charge is 2.35. The summed E-state index contributed by atoms with van der Waals surface area (Å²) >= 11 is 0. The van der Waals surface area contributed by atoms with Gasteiger partial charge in [-0.3, -0.25) is 0 Å². The number of alkyl halides is 3. The van der Waals surface area contributed by atoms with Crippen LogP contribution in [-0.2, 0) is 20.9 Å². The molecule has 0 aromatic heterocycles. The van der Waals surface area contributed by atoms with Gasteiger partial charge >= 0.3 is 12.1 Å². The standard InChI is InChI=1S/C17H15F3N2O4S/c1-2-26-16(23)11-5-3-10(4-6-11)15-21-13-9-12(17(18,19)20)7-8-14(13)27(24,25)22-15/h3-9,15,21-22H,2H2,1H3/t15-/m1/s1. The molecule has 0 radical (unpaired) electrons. The second-order valence-corrected chi connectivity index (χ2v) is 7.43. The van der Waals surface area contributed by atoms with E-state index < -0.39 is 33.9 Å². The number of rotatable bonds is 3. The van der Waals surface area contributed by atoms with E-state index in [1.807, 2.05) is 0 Å². The number of ether oxygens (including phenoxy) is 1. The summed E-state index contributed by atoms with van der Waals surface area (Å²) in [5.41, 5.74) is -0.404. The zero-order valence-electron chi connectivity index (χ0n) is 14.0. The molecule has 1 aliphatic heterocycles. The predicted molar refractivity (Wildman–Crippen MR) is 90.5 cm³/mol. The van der Waals surface area contributed by atoms with Crippen molar-refractivity contribution in [1.29, 1.82) is 0 Å². The largest absolute Gasteiger partial charge is 0.462 e. The Balaban J connectivity index is 1.93. The second-order valence-electron chi connectivity index (χ2n) is 5.75. The van der Waals surface area contributed by atoms with Crippen molar-refractivity contribution in [1.82, 2.24) is 4.72 Å². The van der Waals surface area contributed by atoms with E-state index in [4.69, 9.17) is 4.74 Å². The van der Waals surface area contributed by atoms with Gasteiger partial charge in [0.05, 0.1) is 23.4 Å². The maximum absolute atomic E-state index is 12.9. The molecule has 1 aliphatic rings. The van der Waals surface area contributed by atoms with Crippen molar-refractivity contribution in [3.8, 4) is 0 Å². The van der Waals surface area contributed by atoms with E-state index >= 15 is 0 Å². The van der Waals surface area contributed by atoms with Crippen LogP contribution in [0.3, 0.4) is 0 Å². The van der Waals surface area contributed by atoms with Gasteiger partial charge in [-0.1, -0.05) is 12.1 Å². The van der Waals surface area contributed by atoms with E-state index in [9.17, 15) is 26.4 Å². The number of hydrogen-bond acceptors (Lipinski definition) is 5. The Morgan fingerprint density at radius 3 is 2.41 bits per heavy atom. The van der Waals surface area contributed by atoms with Crippen LogP contribution in [0, 0.1) is 0 Å². The number of carbonyl (C=O) groups excluding carboxylic acids is 1. The monoisotopic (exact) mass is 400 g/mol. The van der Waals surface area contributed by atoms with Crippen LogP contribution in [0.5, 0.6) is 0 Å². The quantitative estimate of drug-likeness (QED) is 0.773. The summed E-state index contributed by atoms with van der Waals surface area (Å²) in [6, 6.07) is 8.27. The van der Waals surface area contributed by atoms with Crippen molar-refractivity contribution >= 4 is 21.7 Å². The molecule has 0 saturated carbocycles. The molecule has 0 amide bonds. The maximum atomic E-state index is 12.9. The fourth-order valence-electron chi connectivity index (χ4n) is 2.63. The van der Waals surface area contributed by atoms with E-state index in [2.05, 4.69) is 10.0 Å². The Morgan fingerprint density at radius 1 is 1.15 bits per heavy atom. The number of carbonyl (C=O) groups is 1. The van der Waals surface area contributed by atoms with Crippen LogP contribution in [-0.4, -0.2) is 21.0 Å². The van der Waals surface area contributed by atoms with Gasteiger partial charge in [-0.05, 0) is 42.8 Å². The Labute approximate surface area is 153 Å². The molecule has 0 spiro atoms. The first-order valence-electron chi connectivity index (χ1n) is 7.89. The number of esters is 1. The van der Waals surface area contributed by atoms with Crippen molar-refractivity contribution in [2.75, 3.05) is 11.9 Å². The fourth-order valence-corrected chi connectivity index (χ4v) is 3.92. The number of nitrogens with one attached hydrogen (secondary N) is 2.